The number of esters is 1. The van der Waals surface area contributed by atoms with Gasteiger partial charge in [0.2, 0.25) is 0 Å². The lowest BCUT2D eigenvalue weighted by molar-refractivity contribution is 0.0601. The summed E-state index contributed by atoms with van der Waals surface area (Å²) in [5, 5.41) is 9.51. The Morgan fingerprint density at radius 3 is 2.22 bits per heavy atom. The first kappa shape index (κ1) is 18.0. The number of hydrogen-bond acceptors (Lipinski definition) is 6. The molecule has 0 aliphatic carbocycles. The van der Waals surface area contributed by atoms with Crippen LogP contribution in [0.15, 0.2) is 54.6 Å². The second kappa shape index (κ2) is 7.58. The molecule has 0 saturated heterocycles. The molecule has 3 aromatic rings. The van der Waals surface area contributed by atoms with Gasteiger partial charge in [-0.15, -0.1) is 0 Å². The average Bonchev–Trinajstić information content (AvgIpc) is 2.72. The number of nitrogens with two attached hydrogens (primary N) is 1. The minimum Gasteiger partial charge on any atom is -0.497 e. The summed E-state index contributed by atoms with van der Waals surface area (Å²) in [6.07, 6.45) is 0. The molecule has 0 unspecified atom stereocenters. The summed E-state index contributed by atoms with van der Waals surface area (Å²) in [6, 6.07) is 18.1. The number of rotatable bonds is 4. The molecule has 0 fully saturated rings. The molecule has 0 radical (unpaired) electrons. The minimum atomic E-state index is -0.421. The molecule has 3 rings (SSSR count). The molecule has 0 saturated carbocycles. The fourth-order valence-electron chi connectivity index (χ4n) is 2.72. The number of carbonyl (C=O) groups is 1. The Hall–Kier alpha value is -3.85. The van der Waals surface area contributed by atoms with Crippen LogP contribution in [0, 0.1) is 11.3 Å². The smallest absolute Gasteiger partial charge is 0.337 e. The topological polar surface area (TPSA) is 98.2 Å². The van der Waals surface area contributed by atoms with Crippen molar-refractivity contribution in [1.82, 2.24) is 4.98 Å². The fraction of sp³-hybridized carbons (Fsp3) is 0.0952. The molecule has 27 heavy (non-hydrogen) atoms. The summed E-state index contributed by atoms with van der Waals surface area (Å²) in [6.45, 7) is 0. The largest absolute Gasteiger partial charge is 0.497 e. The van der Waals surface area contributed by atoms with E-state index in [1.54, 1.807) is 31.4 Å². The van der Waals surface area contributed by atoms with Crippen LogP contribution in [0.25, 0.3) is 22.4 Å². The number of hydrogen-bond donors (Lipinski definition) is 1. The molecule has 2 aromatic carbocycles. The normalized spacial score (nSPS) is 10.1. The van der Waals surface area contributed by atoms with Crippen LogP contribution in [0.4, 0.5) is 5.82 Å². The second-order valence-electron chi connectivity index (χ2n) is 5.72. The number of pyridine rings is 1. The van der Waals surface area contributed by atoms with E-state index in [0.717, 1.165) is 16.9 Å². The van der Waals surface area contributed by atoms with Crippen LogP contribution >= 0.6 is 0 Å². The highest BCUT2D eigenvalue weighted by Crippen LogP contribution is 2.32. The molecule has 6 nitrogen and oxygen atoms in total. The average molecular weight is 359 g/mol. The van der Waals surface area contributed by atoms with Crippen LogP contribution < -0.4 is 10.5 Å². The van der Waals surface area contributed by atoms with E-state index in [9.17, 15) is 10.1 Å². The Kier molecular flexibility index (Phi) is 5.04. The molecule has 0 bridgehead atoms. The number of carbonyl (C=O) groups excluding carboxylic acids is 1. The van der Waals surface area contributed by atoms with Gasteiger partial charge < -0.3 is 15.2 Å². The maximum Gasteiger partial charge on any atom is 0.337 e. The Morgan fingerprint density at radius 2 is 1.67 bits per heavy atom. The molecular weight excluding hydrogens is 342 g/mol. The van der Waals surface area contributed by atoms with Crippen molar-refractivity contribution in [3.05, 3.63) is 65.7 Å². The lowest BCUT2D eigenvalue weighted by Crippen LogP contribution is -2.02. The summed E-state index contributed by atoms with van der Waals surface area (Å²) in [4.78, 5) is 16.0. The van der Waals surface area contributed by atoms with Crippen LogP contribution in [0.5, 0.6) is 5.75 Å². The van der Waals surface area contributed by atoms with Crippen molar-refractivity contribution in [2.75, 3.05) is 20.0 Å². The van der Waals surface area contributed by atoms with E-state index < -0.39 is 5.97 Å². The summed E-state index contributed by atoms with van der Waals surface area (Å²) in [5.41, 5.74) is 9.63. The molecule has 0 atom stereocenters. The van der Waals surface area contributed by atoms with Crippen molar-refractivity contribution in [3.63, 3.8) is 0 Å². The first-order valence-electron chi connectivity index (χ1n) is 8.11. The summed E-state index contributed by atoms with van der Waals surface area (Å²) < 4.78 is 9.88. The third-order valence-electron chi connectivity index (χ3n) is 4.16. The summed E-state index contributed by atoms with van der Waals surface area (Å²) >= 11 is 0. The van der Waals surface area contributed by atoms with E-state index in [-0.39, 0.29) is 11.4 Å². The number of ether oxygens (including phenoxy) is 2. The number of nitrogens with zero attached hydrogens (tertiary/aromatic N) is 2. The number of anilines is 1. The Bertz CT molecular complexity index is 1020. The van der Waals surface area contributed by atoms with Gasteiger partial charge in [-0.1, -0.05) is 12.1 Å². The van der Waals surface area contributed by atoms with Gasteiger partial charge in [0.15, 0.2) is 0 Å². The molecule has 6 heteroatoms. The molecule has 2 N–H and O–H groups in total. The second-order valence-corrected chi connectivity index (χ2v) is 5.72. The maximum absolute atomic E-state index is 11.6. The van der Waals surface area contributed by atoms with Crippen molar-refractivity contribution in [2.24, 2.45) is 0 Å². The van der Waals surface area contributed by atoms with Gasteiger partial charge in [0.1, 0.15) is 23.2 Å². The van der Waals surface area contributed by atoms with Gasteiger partial charge in [-0.25, -0.2) is 9.78 Å². The van der Waals surface area contributed by atoms with E-state index in [1.165, 1.54) is 7.11 Å². The molecule has 0 spiro atoms. The standard InChI is InChI=1S/C21H17N3O3/c1-26-16-9-7-14(8-10-16)19-11-17(18(12-22)20(23)24-19)13-3-5-15(6-4-13)21(25)27-2/h3-11H,1-2H3,(H2,23,24). The van der Waals surface area contributed by atoms with E-state index in [1.807, 2.05) is 30.3 Å². The monoisotopic (exact) mass is 359 g/mol. The van der Waals surface area contributed by atoms with Crippen molar-refractivity contribution in [3.8, 4) is 34.2 Å². The fourth-order valence-corrected chi connectivity index (χ4v) is 2.72. The van der Waals surface area contributed by atoms with Gasteiger partial charge in [-0.3, -0.25) is 0 Å². The zero-order chi connectivity index (χ0) is 19.4. The van der Waals surface area contributed by atoms with Gasteiger partial charge in [-0.05, 0) is 48.0 Å². The van der Waals surface area contributed by atoms with Gasteiger partial charge in [-0.2, -0.15) is 5.26 Å². The van der Waals surface area contributed by atoms with Crippen molar-refractivity contribution in [1.29, 1.82) is 5.26 Å². The highest BCUT2D eigenvalue weighted by molar-refractivity contribution is 5.90. The van der Waals surface area contributed by atoms with Crippen molar-refractivity contribution >= 4 is 11.8 Å². The van der Waals surface area contributed by atoms with Gasteiger partial charge in [0, 0.05) is 11.1 Å². The van der Waals surface area contributed by atoms with Gasteiger partial charge in [0.25, 0.3) is 0 Å². The van der Waals surface area contributed by atoms with Gasteiger partial charge >= 0.3 is 5.97 Å². The van der Waals surface area contributed by atoms with Crippen molar-refractivity contribution in [2.45, 2.75) is 0 Å². The number of methoxy groups -OCH3 is 2. The van der Waals surface area contributed by atoms with E-state index in [4.69, 9.17) is 15.2 Å². The van der Waals surface area contributed by atoms with Gasteiger partial charge in [0.05, 0.1) is 25.5 Å². The number of aromatic nitrogens is 1. The third-order valence-corrected chi connectivity index (χ3v) is 4.16. The summed E-state index contributed by atoms with van der Waals surface area (Å²) in [5.74, 6) is 0.465. The first-order valence-corrected chi connectivity index (χ1v) is 8.11. The number of nitrogen functional groups attached to an aromatic ring is 1. The molecule has 1 aromatic heterocycles. The number of nitriles is 1. The van der Waals surface area contributed by atoms with Crippen LogP contribution in [0.3, 0.4) is 0 Å². The SMILES string of the molecule is COC(=O)c1ccc(-c2cc(-c3ccc(OC)cc3)nc(N)c2C#N)cc1. The van der Waals surface area contributed by atoms with Crippen LogP contribution in [0.2, 0.25) is 0 Å². The molecule has 0 aliphatic heterocycles. The molecule has 1 heterocycles. The predicted molar refractivity (Wildman–Crippen MR) is 102 cm³/mol. The molecule has 0 amide bonds. The Labute approximate surface area is 156 Å². The quantitative estimate of drug-likeness (QED) is 0.714. The third kappa shape index (κ3) is 3.58. The lowest BCUT2D eigenvalue weighted by Gasteiger charge is -2.11. The first-order chi connectivity index (χ1) is 13.1. The molecular formula is C21H17N3O3. The minimum absolute atomic E-state index is 0.151. The van der Waals surface area contributed by atoms with Crippen molar-refractivity contribution < 1.29 is 14.3 Å². The Balaban J connectivity index is 2.09. The van der Waals surface area contributed by atoms with E-state index >= 15 is 0 Å². The van der Waals surface area contributed by atoms with E-state index in [2.05, 4.69) is 11.1 Å². The Morgan fingerprint density at radius 1 is 1.04 bits per heavy atom. The molecule has 0 aliphatic rings. The maximum atomic E-state index is 11.6. The van der Waals surface area contributed by atoms with E-state index in [0.29, 0.717) is 16.8 Å². The van der Waals surface area contributed by atoms with Crippen LogP contribution in [-0.4, -0.2) is 25.2 Å². The highest BCUT2D eigenvalue weighted by atomic mass is 16.5. The molecule has 134 valence electrons. The van der Waals surface area contributed by atoms with Crippen LogP contribution in [0.1, 0.15) is 15.9 Å². The summed E-state index contributed by atoms with van der Waals surface area (Å²) in [7, 11) is 2.93. The lowest BCUT2D eigenvalue weighted by atomic mass is 9.97. The predicted octanol–water partition coefficient (Wildman–Crippen LogP) is 3.66. The zero-order valence-electron chi connectivity index (χ0n) is 14.9. The number of benzene rings is 2. The zero-order valence-corrected chi connectivity index (χ0v) is 14.9. The van der Waals surface area contributed by atoms with Crippen LogP contribution in [-0.2, 0) is 4.74 Å². The highest BCUT2D eigenvalue weighted by Gasteiger charge is 2.14.